The number of halogens is 1. The second-order valence-corrected chi connectivity index (χ2v) is 6.07. The number of hydrogen-bond acceptors (Lipinski definition) is 5. The highest BCUT2D eigenvalue weighted by molar-refractivity contribution is 7.99. The van der Waals surface area contributed by atoms with Crippen molar-refractivity contribution < 1.29 is 9.72 Å². The Labute approximate surface area is 135 Å². The fraction of sp³-hybridized carbons (Fsp3) is 0.231. The molecule has 0 aliphatic rings. The van der Waals surface area contributed by atoms with Crippen molar-refractivity contribution in [1.82, 2.24) is 10.2 Å². The van der Waals surface area contributed by atoms with Gasteiger partial charge in [-0.3, -0.25) is 20.0 Å². The van der Waals surface area contributed by atoms with Gasteiger partial charge in [0.25, 0.3) is 5.91 Å². The van der Waals surface area contributed by atoms with Gasteiger partial charge < -0.3 is 5.32 Å². The summed E-state index contributed by atoms with van der Waals surface area (Å²) in [5.74, 6) is 0.155. The molecule has 1 heterocycles. The van der Waals surface area contributed by atoms with Gasteiger partial charge in [0.1, 0.15) is 5.69 Å². The van der Waals surface area contributed by atoms with Crippen molar-refractivity contribution >= 4 is 40.6 Å². The van der Waals surface area contributed by atoms with Crippen LogP contribution in [0.1, 0.15) is 23.1 Å². The number of benzene rings is 1. The number of rotatable bonds is 5. The van der Waals surface area contributed by atoms with E-state index in [0.29, 0.717) is 10.7 Å². The molecule has 0 fully saturated rings. The van der Waals surface area contributed by atoms with E-state index in [9.17, 15) is 14.9 Å². The van der Waals surface area contributed by atoms with Crippen molar-refractivity contribution in [3.8, 4) is 0 Å². The first-order valence-corrected chi connectivity index (χ1v) is 7.73. The van der Waals surface area contributed by atoms with Crippen LogP contribution in [-0.2, 0) is 0 Å². The minimum Gasteiger partial charge on any atom is -0.319 e. The molecular weight excluding hydrogens is 328 g/mol. The first-order valence-electron chi connectivity index (χ1n) is 6.37. The van der Waals surface area contributed by atoms with E-state index in [1.807, 2.05) is 6.92 Å². The minimum absolute atomic E-state index is 0.226. The Morgan fingerprint density at radius 1 is 1.55 bits per heavy atom. The van der Waals surface area contributed by atoms with Gasteiger partial charge in [-0.05, 0) is 30.9 Å². The molecule has 0 saturated carbocycles. The van der Waals surface area contributed by atoms with Crippen LogP contribution in [-0.4, -0.2) is 26.8 Å². The fourth-order valence-corrected chi connectivity index (χ4v) is 2.78. The molecule has 7 nitrogen and oxygen atoms in total. The molecule has 2 rings (SSSR count). The monoisotopic (exact) mass is 340 g/mol. The number of nitrogens with zero attached hydrogens (tertiary/aromatic N) is 2. The third-order valence-electron chi connectivity index (χ3n) is 2.80. The fourth-order valence-electron chi connectivity index (χ4n) is 1.87. The minimum atomic E-state index is -0.656. The van der Waals surface area contributed by atoms with Crippen LogP contribution in [0.5, 0.6) is 0 Å². The number of nitrogens with one attached hydrogen (secondary N) is 2. The Hall–Kier alpha value is -2.06. The van der Waals surface area contributed by atoms with Gasteiger partial charge in [-0.25, -0.2) is 0 Å². The van der Waals surface area contributed by atoms with Crippen molar-refractivity contribution in [2.75, 3.05) is 11.1 Å². The predicted octanol–water partition coefficient (Wildman–Crippen LogP) is 3.64. The third kappa shape index (κ3) is 3.40. The van der Waals surface area contributed by atoms with Gasteiger partial charge in [0, 0.05) is 9.92 Å². The van der Waals surface area contributed by atoms with E-state index in [0.717, 1.165) is 10.6 Å². The second-order valence-electron chi connectivity index (χ2n) is 4.33. The van der Waals surface area contributed by atoms with Gasteiger partial charge in [-0.1, -0.05) is 18.5 Å². The summed E-state index contributed by atoms with van der Waals surface area (Å²) in [4.78, 5) is 23.5. The van der Waals surface area contributed by atoms with Crippen LogP contribution in [0.3, 0.4) is 0 Å². The van der Waals surface area contributed by atoms with E-state index in [-0.39, 0.29) is 17.1 Å². The van der Waals surface area contributed by atoms with E-state index in [1.54, 1.807) is 18.2 Å². The summed E-state index contributed by atoms with van der Waals surface area (Å²) in [7, 11) is 0. The van der Waals surface area contributed by atoms with Crippen LogP contribution in [0.4, 0.5) is 11.4 Å². The summed E-state index contributed by atoms with van der Waals surface area (Å²) in [5.41, 5.74) is 0.142. The van der Waals surface area contributed by atoms with Crippen LogP contribution in [0, 0.1) is 17.0 Å². The zero-order valence-electron chi connectivity index (χ0n) is 11.8. The number of aromatic nitrogens is 2. The Bertz CT molecular complexity index is 732. The van der Waals surface area contributed by atoms with Crippen molar-refractivity contribution in [1.29, 1.82) is 0 Å². The van der Waals surface area contributed by atoms with E-state index in [1.165, 1.54) is 18.7 Å². The lowest BCUT2D eigenvalue weighted by molar-refractivity contribution is -0.385. The average Bonchev–Trinajstić information content (AvgIpc) is 2.84. The number of thioether (sulfide) groups is 1. The molecule has 116 valence electrons. The first kappa shape index (κ1) is 16.3. The average molecular weight is 341 g/mol. The number of carbonyl (C=O) groups excluding carboxylic acids is 1. The number of carbonyl (C=O) groups is 1. The molecule has 0 aliphatic carbocycles. The summed E-state index contributed by atoms with van der Waals surface area (Å²) < 4.78 is 0. The second kappa shape index (κ2) is 6.80. The molecule has 2 aromatic rings. The Morgan fingerprint density at radius 3 is 2.91 bits per heavy atom. The summed E-state index contributed by atoms with van der Waals surface area (Å²) in [5, 5.41) is 20.3. The van der Waals surface area contributed by atoms with Crippen LogP contribution in [0.2, 0.25) is 5.02 Å². The Balaban J connectivity index is 2.33. The van der Waals surface area contributed by atoms with Gasteiger partial charge in [-0.2, -0.15) is 5.10 Å². The maximum atomic E-state index is 12.3. The van der Waals surface area contributed by atoms with Crippen molar-refractivity contribution in [2.45, 2.75) is 18.7 Å². The molecule has 0 spiro atoms. The lowest BCUT2D eigenvalue weighted by Gasteiger charge is -2.09. The first-order chi connectivity index (χ1) is 10.4. The molecule has 1 aromatic heterocycles. The van der Waals surface area contributed by atoms with Crippen LogP contribution in [0.25, 0.3) is 0 Å². The highest BCUT2D eigenvalue weighted by atomic mass is 35.5. The molecule has 0 atom stereocenters. The predicted molar refractivity (Wildman–Crippen MR) is 85.8 cm³/mol. The molecule has 1 amide bonds. The maximum Gasteiger partial charge on any atom is 0.322 e. The summed E-state index contributed by atoms with van der Waals surface area (Å²) in [6.45, 7) is 3.46. The SMILES string of the molecule is CCSc1ccc(Cl)cc1NC(=O)c1n[nH]c(C)c1[N+](=O)[O-]. The van der Waals surface area contributed by atoms with Gasteiger partial charge in [0.2, 0.25) is 5.69 Å². The van der Waals surface area contributed by atoms with E-state index < -0.39 is 10.8 Å². The van der Waals surface area contributed by atoms with Crippen molar-refractivity contribution in [3.63, 3.8) is 0 Å². The third-order valence-corrected chi connectivity index (χ3v) is 3.99. The van der Waals surface area contributed by atoms with Crippen LogP contribution >= 0.6 is 23.4 Å². The number of aromatic amines is 1. The molecular formula is C13H13ClN4O3S. The zero-order valence-corrected chi connectivity index (χ0v) is 13.4. The number of amides is 1. The molecule has 0 aliphatic heterocycles. The number of anilines is 1. The Morgan fingerprint density at radius 2 is 2.27 bits per heavy atom. The zero-order chi connectivity index (χ0) is 16.3. The van der Waals surface area contributed by atoms with Gasteiger partial charge in [0.05, 0.1) is 10.6 Å². The highest BCUT2D eigenvalue weighted by Crippen LogP contribution is 2.31. The lowest BCUT2D eigenvalue weighted by atomic mass is 10.2. The van der Waals surface area contributed by atoms with Gasteiger partial charge in [-0.15, -0.1) is 11.8 Å². The van der Waals surface area contributed by atoms with Crippen LogP contribution < -0.4 is 5.32 Å². The van der Waals surface area contributed by atoms with Crippen molar-refractivity contribution in [2.24, 2.45) is 0 Å². The molecule has 0 radical (unpaired) electrons. The smallest absolute Gasteiger partial charge is 0.319 e. The molecule has 0 saturated heterocycles. The number of hydrogen-bond donors (Lipinski definition) is 2. The molecule has 9 heteroatoms. The maximum absolute atomic E-state index is 12.3. The molecule has 0 bridgehead atoms. The van der Waals surface area contributed by atoms with E-state index in [2.05, 4.69) is 15.5 Å². The summed E-state index contributed by atoms with van der Waals surface area (Å²) in [6, 6.07) is 5.11. The van der Waals surface area contributed by atoms with Gasteiger partial charge >= 0.3 is 5.69 Å². The van der Waals surface area contributed by atoms with Gasteiger partial charge in [0.15, 0.2) is 0 Å². The molecule has 0 unspecified atom stereocenters. The van der Waals surface area contributed by atoms with E-state index in [4.69, 9.17) is 11.6 Å². The Kier molecular flexibility index (Phi) is 5.04. The van der Waals surface area contributed by atoms with Crippen LogP contribution in [0.15, 0.2) is 23.1 Å². The lowest BCUT2D eigenvalue weighted by Crippen LogP contribution is -2.15. The molecule has 1 aromatic carbocycles. The quantitative estimate of drug-likeness (QED) is 0.491. The molecule has 22 heavy (non-hydrogen) atoms. The highest BCUT2D eigenvalue weighted by Gasteiger charge is 2.27. The number of H-pyrrole nitrogens is 1. The largest absolute Gasteiger partial charge is 0.322 e. The standard InChI is InChI=1S/C13H13ClN4O3S/c1-3-22-10-5-4-8(14)6-9(10)15-13(19)11-12(18(20)21)7(2)16-17-11/h4-6H,3H2,1-2H3,(H,15,19)(H,16,17). The summed E-state index contributed by atoms with van der Waals surface area (Å²) >= 11 is 7.47. The number of aryl methyl sites for hydroxylation is 1. The normalized spacial score (nSPS) is 10.5. The van der Waals surface area contributed by atoms with E-state index >= 15 is 0 Å². The summed E-state index contributed by atoms with van der Waals surface area (Å²) in [6.07, 6.45) is 0. The molecule has 2 N–H and O–H groups in total. The number of nitro groups is 1. The topological polar surface area (TPSA) is 101 Å². The van der Waals surface area contributed by atoms with Crippen molar-refractivity contribution in [3.05, 3.63) is 44.7 Å².